The van der Waals surface area contributed by atoms with E-state index in [0.29, 0.717) is 5.78 Å². The lowest BCUT2D eigenvalue weighted by Gasteiger charge is -2.23. The number of carbonyl (C=O) groups is 1. The molecule has 0 bridgehead atoms. The van der Waals surface area contributed by atoms with Crippen LogP contribution >= 0.6 is 0 Å². The molecule has 1 fully saturated rings. The molecule has 1 aliphatic carbocycles. The molecule has 0 spiro atoms. The first-order valence-corrected chi connectivity index (χ1v) is 4.73. The SMILES string of the molecule is CC(C)(C)C(=O)C1CCCC1N. The topological polar surface area (TPSA) is 43.1 Å². The summed E-state index contributed by atoms with van der Waals surface area (Å²) in [5, 5.41) is 0. The Labute approximate surface area is 74.5 Å². The van der Waals surface area contributed by atoms with E-state index in [1.807, 2.05) is 20.8 Å². The van der Waals surface area contributed by atoms with Crippen LogP contribution in [0.2, 0.25) is 0 Å². The predicted octanol–water partition coefficient (Wildman–Crippen LogP) is 1.73. The van der Waals surface area contributed by atoms with E-state index in [-0.39, 0.29) is 17.4 Å². The van der Waals surface area contributed by atoms with Gasteiger partial charge in [-0.1, -0.05) is 27.2 Å². The van der Waals surface area contributed by atoms with E-state index in [1.165, 1.54) is 0 Å². The highest BCUT2D eigenvalue weighted by atomic mass is 16.1. The molecule has 0 saturated heterocycles. The zero-order valence-corrected chi connectivity index (χ0v) is 8.26. The molecule has 0 amide bonds. The van der Waals surface area contributed by atoms with E-state index < -0.39 is 0 Å². The first-order valence-electron chi connectivity index (χ1n) is 4.73. The largest absolute Gasteiger partial charge is 0.327 e. The van der Waals surface area contributed by atoms with Crippen molar-refractivity contribution in [3.8, 4) is 0 Å². The lowest BCUT2D eigenvalue weighted by atomic mass is 9.81. The van der Waals surface area contributed by atoms with Gasteiger partial charge in [0.15, 0.2) is 0 Å². The van der Waals surface area contributed by atoms with E-state index in [1.54, 1.807) is 0 Å². The second-order valence-corrected chi connectivity index (χ2v) is 4.82. The summed E-state index contributed by atoms with van der Waals surface area (Å²) < 4.78 is 0. The van der Waals surface area contributed by atoms with Crippen molar-refractivity contribution in [2.75, 3.05) is 0 Å². The second-order valence-electron chi connectivity index (χ2n) is 4.82. The zero-order valence-electron chi connectivity index (χ0n) is 8.26. The van der Waals surface area contributed by atoms with Gasteiger partial charge in [-0.05, 0) is 12.8 Å². The van der Waals surface area contributed by atoms with E-state index in [4.69, 9.17) is 5.73 Å². The van der Waals surface area contributed by atoms with Gasteiger partial charge in [0.25, 0.3) is 0 Å². The molecule has 2 heteroatoms. The Hall–Kier alpha value is -0.370. The molecular weight excluding hydrogens is 150 g/mol. The van der Waals surface area contributed by atoms with Crippen LogP contribution in [0, 0.1) is 11.3 Å². The third-order valence-corrected chi connectivity index (χ3v) is 2.65. The van der Waals surface area contributed by atoms with Crippen LogP contribution < -0.4 is 5.73 Å². The van der Waals surface area contributed by atoms with E-state index in [2.05, 4.69) is 0 Å². The maximum Gasteiger partial charge on any atom is 0.142 e. The van der Waals surface area contributed by atoms with Gasteiger partial charge >= 0.3 is 0 Å². The van der Waals surface area contributed by atoms with Gasteiger partial charge in [0, 0.05) is 17.4 Å². The summed E-state index contributed by atoms with van der Waals surface area (Å²) in [6.07, 6.45) is 3.14. The molecule has 2 unspecified atom stereocenters. The number of hydrogen-bond donors (Lipinski definition) is 1. The molecule has 70 valence electrons. The average molecular weight is 169 g/mol. The monoisotopic (exact) mass is 169 g/mol. The summed E-state index contributed by atoms with van der Waals surface area (Å²) in [7, 11) is 0. The van der Waals surface area contributed by atoms with Gasteiger partial charge in [-0.2, -0.15) is 0 Å². The fourth-order valence-corrected chi connectivity index (χ4v) is 1.87. The van der Waals surface area contributed by atoms with Crippen molar-refractivity contribution < 1.29 is 4.79 Å². The molecule has 0 aromatic heterocycles. The quantitative estimate of drug-likeness (QED) is 0.649. The number of carbonyl (C=O) groups excluding carboxylic acids is 1. The fraction of sp³-hybridized carbons (Fsp3) is 0.900. The summed E-state index contributed by atoms with van der Waals surface area (Å²) in [5.41, 5.74) is 5.64. The van der Waals surface area contributed by atoms with E-state index in [9.17, 15) is 4.79 Å². The van der Waals surface area contributed by atoms with Crippen LogP contribution in [0.4, 0.5) is 0 Å². The Kier molecular flexibility index (Phi) is 2.57. The third-order valence-electron chi connectivity index (χ3n) is 2.65. The number of rotatable bonds is 1. The van der Waals surface area contributed by atoms with Gasteiger partial charge < -0.3 is 5.73 Å². The zero-order chi connectivity index (χ0) is 9.35. The van der Waals surface area contributed by atoms with Crippen molar-refractivity contribution in [1.29, 1.82) is 0 Å². The minimum atomic E-state index is -0.216. The Bertz CT molecular complexity index is 181. The summed E-state index contributed by atoms with van der Waals surface area (Å²) in [4.78, 5) is 11.8. The molecule has 0 radical (unpaired) electrons. The van der Waals surface area contributed by atoms with Crippen molar-refractivity contribution in [3.63, 3.8) is 0 Å². The first kappa shape index (κ1) is 9.72. The molecule has 0 heterocycles. The highest BCUT2D eigenvalue weighted by Gasteiger charge is 2.35. The Balaban J connectivity index is 2.64. The van der Waals surface area contributed by atoms with Crippen LogP contribution in [-0.4, -0.2) is 11.8 Å². The molecule has 1 aliphatic rings. The lowest BCUT2D eigenvalue weighted by molar-refractivity contribution is -0.130. The number of hydrogen-bond acceptors (Lipinski definition) is 2. The van der Waals surface area contributed by atoms with Gasteiger partial charge in [0.1, 0.15) is 5.78 Å². The van der Waals surface area contributed by atoms with Crippen molar-refractivity contribution in [3.05, 3.63) is 0 Å². The molecule has 2 N–H and O–H groups in total. The summed E-state index contributed by atoms with van der Waals surface area (Å²) in [6.45, 7) is 5.92. The molecule has 12 heavy (non-hydrogen) atoms. The summed E-state index contributed by atoms with van der Waals surface area (Å²) >= 11 is 0. The van der Waals surface area contributed by atoms with Gasteiger partial charge in [-0.3, -0.25) is 4.79 Å². The van der Waals surface area contributed by atoms with Gasteiger partial charge in [0.2, 0.25) is 0 Å². The van der Waals surface area contributed by atoms with E-state index >= 15 is 0 Å². The minimum absolute atomic E-state index is 0.122. The van der Waals surface area contributed by atoms with Crippen LogP contribution in [0.5, 0.6) is 0 Å². The first-order chi connectivity index (χ1) is 5.43. The van der Waals surface area contributed by atoms with E-state index in [0.717, 1.165) is 19.3 Å². The molecule has 1 rings (SSSR count). The molecule has 2 atom stereocenters. The third kappa shape index (κ3) is 1.86. The Morgan fingerprint density at radius 1 is 1.33 bits per heavy atom. The van der Waals surface area contributed by atoms with Gasteiger partial charge in [0.05, 0.1) is 0 Å². The van der Waals surface area contributed by atoms with Crippen molar-refractivity contribution in [2.24, 2.45) is 17.1 Å². The van der Waals surface area contributed by atoms with Gasteiger partial charge in [-0.25, -0.2) is 0 Å². The minimum Gasteiger partial charge on any atom is -0.327 e. The molecule has 2 nitrogen and oxygen atoms in total. The molecule has 0 aliphatic heterocycles. The van der Waals surface area contributed by atoms with Crippen molar-refractivity contribution >= 4 is 5.78 Å². The molecule has 0 aromatic carbocycles. The van der Waals surface area contributed by atoms with Crippen LogP contribution in [-0.2, 0) is 4.79 Å². The highest BCUT2D eigenvalue weighted by Crippen LogP contribution is 2.31. The Morgan fingerprint density at radius 3 is 2.25 bits per heavy atom. The fourth-order valence-electron chi connectivity index (χ4n) is 1.87. The van der Waals surface area contributed by atoms with Crippen molar-refractivity contribution in [1.82, 2.24) is 0 Å². The number of nitrogens with two attached hydrogens (primary N) is 1. The smallest absolute Gasteiger partial charge is 0.142 e. The normalized spacial score (nSPS) is 30.7. The maximum absolute atomic E-state index is 11.8. The van der Waals surface area contributed by atoms with Crippen LogP contribution in [0.25, 0.3) is 0 Å². The van der Waals surface area contributed by atoms with Gasteiger partial charge in [-0.15, -0.1) is 0 Å². The summed E-state index contributed by atoms with van der Waals surface area (Å²) in [6, 6.07) is 0.122. The second kappa shape index (κ2) is 3.17. The number of Topliss-reactive ketones (excluding diaryl/α,β-unsaturated/α-hetero) is 1. The highest BCUT2D eigenvalue weighted by molar-refractivity contribution is 5.86. The predicted molar refractivity (Wildman–Crippen MR) is 49.8 cm³/mol. The van der Waals surface area contributed by atoms with Crippen LogP contribution in [0.15, 0.2) is 0 Å². The summed E-state index contributed by atoms with van der Waals surface area (Å²) in [5.74, 6) is 0.470. The Morgan fingerprint density at radius 2 is 1.92 bits per heavy atom. The number of ketones is 1. The lowest BCUT2D eigenvalue weighted by Crippen LogP contribution is -2.37. The standard InChI is InChI=1S/C10H19NO/c1-10(2,3)9(12)7-5-4-6-8(7)11/h7-8H,4-6,11H2,1-3H3. The van der Waals surface area contributed by atoms with Crippen LogP contribution in [0.3, 0.4) is 0 Å². The maximum atomic E-state index is 11.8. The average Bonchev–Trinajstić information content (AvgIpc) is 2.31. The van der Waals surface area contributed by atoms with Crippen LogP contribution in [0.1, 0.15) is 40.0 Å². The van der Waals surface area contributed by atoms with Crippen molar-refractivity contribution in [2.45, 2.75) is 46.1 Å². The molecule has 0 aromatic rings. The molecular formula is C10H19NO. The molecule has 1 saturated carbocycles.